The molecule has 0 bridgehead atoms. The maximum atomic E-state index is 13.7. The highest BCUT2D eigenvalue weighted by Gasteiger charge is 2.12. The molecule has 20 heavy (non-hydrogen) atoms. The van der Waals surface area contributed by atoms with Gasteiger partial charge in [0, 0.05) is 15.5 Å². The lowest BCUT2D eigenvalue weighted by Gasteiger charge is -2.06. The molecule has 2 N–H and O–H groups in total. The highest BCUT2D eigenvalue weighted by atomic mass is 79.9. The van der Waals surface area contributed by atoms with Crippen molar-refractivity contribution in [2.24, 2.45) is 0 Å². The first-order valence-corrected chi connectivity index (χ1v) is 6.62. The van der Waals surface area contributed by atoms with Gasteiger partial charge in [0.1, 0.15) is 5.82 Å². The molecule has 0 unspecified atom stereocenters. The van der Waals surface area contributed by atoms with Gasteiger partial charge in [-0.2, -0.15) is 5.10 Å². The molecular weight excluding hydrogens is 325 g/mol. The number of aromatic nitrogens is 2. The number of nitrogens with one attached hydrogen (secondary N) is 2. The van der Waals surface area contributed by atoms with Crippen LogP contribution in [0.4, 0.5) is 10.1 Å². The molecule has 1 amide bonds. The zero-order valence-electron chi connectivity index (χ0n) is 10.2. The minimum atomic E-state index is -0.570. The first-order valence-electron chi connectivity index (χ1n) is 5.83. The van der Waals surface area contributed by atoms with Gasteiger partial charge >= 0.3 is 0 Å². The van der Waals surface area contributed by atoms with E-state index in [1.54, 1.807) is 24.4 Å². The first-order chi connectivity index (χ1) is 9.63. The van der Waals surface area contributed by atoms with E-state index in [1.807, 2.05) is 6.07 Å². The molecule has 1 heterocycles. The molecule has 0 spiro atoms. The molecule has 1 aromatic heterocycles. The van der Waals surface area contributed by atoms with Crippen LogP contribution in [-0.4, -0.2) is 16.1 Å². The van der Waals surface area contributed by atoms with Crippen LogP contribution in [0.2, 0.25) is 0 Å². The molecule has 6 heteroatoms. The molecule has 0 radical (unpaired) electrons. The summed E-state index contributed by atoms with van der Waals surface area (Å²) in [5.41, 5.74) is 1.38. The highest BCUT2D eigenvalue weighted by Crippen LogP contribution is 2.19. The predicted octanol–water partition coefficient (Wildman–Crippen LogP) is 3.72. The lowest BCUT2D eigenvalue weighted by molar-refractivity contribution is 0.102. The molecule has 0 atom stereocenters. The van der Waals surface area contributed by atoms with Crippen LogP contribution < -0.4 is 5.32 Å². The Morgan fingerprint density at radius 2 is 2.10 bits per heavy atom. The second-order valence-corrected chi connectivity index (χ2v) is 5.17. The molecule has 4 nitrogen and oxygen atoms in total. The van der Waals surface area contributed by atoms with Crippen molar-refractivity contribution in [1.82, 2.24) is 10.2 Å². The number of hydrogen-bond acceptors (Lipinski definition) is 2. The van der Waals surface area contributed by atoms with Crippen LogP contribution >= 0.6 is 15.9 Å². The van der Waals surface area contributed by atoms with Gasteiger partial charge in [-0.05, 0) is 36.4 Å². The zero-order chi connectivity index (χ0) is 14.1. The van der Waals surface area contributed by atoms with Gasteiger partial charge in [0.15, 0.2) is 0 Å². The van der Waals surface area contributed by atoms with Crippen LogP contribution in [-0.2, 0) is 0 Å². The van der Waals surface area contributed by atoms with E-state index in [0.717, 1.165) is 10.9 Å². The molecule has 0 aliphatic rings. The van der Waals surface area contributed by atoms with Crippen molar-refractivity contribution in [2.45, 2.75) is 0 Å². The molecule has 0 saturated heterocycles. The number of H-pyrrole nitrogens is 1. The fraction of sp³-hybridized carbons (Fsp3) is 0. The summed E-state index contributed by atoms with van der Waals surface area (Å²) < 4.78 is 14.3. The highest BCUT2D eigenvalue weighted by molar-refractivity contribution is 9.10. The first kappa shape index (κ1) is 12.8. The number of hydrogen-bond donors (Lipinski definition) is 2. The number of amides is 1. The van der Waals surface area contributed by atoms with Crippen molar-refractivity contribution in [2.75, 3.05) is 5.32 Å². The molecule has 0 aliphatic heterocycles. The summed E-state index contributed by atoms with van der Waals surface area (Å²) in [7, 11) is 0. The number of aromatic amines is 1. The second-order valence-electron chi connectivity index (χ2n) is 4.25. The van der Waals surface area contributed by atoms with Crippen LogP contribution in [0.3, 0.4) is 0 Å². The Balaban J connectivity index is 1.87. The van der Waals surface area contributed by atoms with Crippen molar-refractivity contribution in [3.8, 4) is 0 Å². The third kappa shape index (κ3) is 2.42. The van der Waals surface area contributed by atoms with Crippen LogP contribution in [0.15, 0.2) is 47.1 Å². The second kappa shape index (κ2) is 5.05. The lowest BCUT2D eigenvalue weighted by atomic mass is 10.2. The Kier molecular flexibility index (Phi) is 3.23. The molecule has 0 aliphatic carbocycles. The molecular formula is C14H9BrFN3O. The predicted molar refractivity (Wildman–Crippen MR) is 78.1 cm³/mol. The summed E-state index contributed by atoms with van der Waals surface area (Å²) in [5, 5.41) is 10.3. The summed E-state index contributed by atoms with van der Waals surface area (Å²) in [6, 6.07) is 9.63. The Labute approximate surface area is 122 Å². The van der Waals surface area contributed by atoms with Crippen LogP contribution in [0.5, 0.6) is 0 Å². The third-order valence-electron chi connectivity index (χ3n) is 2.88. The zero-order valence-corrected chi connectivity index (χ0v) is 11.7. The standard InChI is InChI=1S/C14H9BrFN3O/c15-9-2-4-11(12(16)5-9)14(20)18-10-3-1-8-7-17-19-13(8)6-10/h1-7H,(H,17,19)(H,18,20). The number of carbonyl (C=O) groups is 1. The van der Waals surface area contributed by atoms with Crippen LogP contribution in [0, 0.1) is 5.82 Å². The van der Waals surface area contributed by atoms with Gasteiger partial charge in [0.05, 0.1) is 17.3 Å². The summed E-state index contributed by atoms with van der Waals surface area (Å²) in [6.07, 6.45) is 1.69. The molecule has 0 saturated carbocycles. The number of carbonyl (C=O) groups excluding carboxylic acids is 1. The SMILES string of the molecule is O=C(Nc1ccc2cn[nH]c2c1)c1ccc(Br)cc1F. The van der Waals surface area contributed by atoms with Gasteiger partial charge in [0.2, 0.25) is 0 Å². The van der Waals surface area contributed by atoms with Crippen molar-refractivity contribution >= 4 is 38.4 Å². The topological polar surface area (TPSA) is 57.8 Å². The van der Waals surface area contributed by atoms with Gasteiger partial charge in [-0.25, -0.2) is 4.39 Å². The quantitative estimate of drug-likeness (QED) is 0.750. The molecule has 3 rings (SSSR count). The number of rotatable bonds is 2. The summed E-state index contributed by atoms with van der Waals surface area (Å²) in [4.78, 5) is 12.0. The van der Waals surface area contributed by atoms with E-state index in [1.165, 1.54) is 12.1 Å². The Morgan fingerprint density at radius 1 is 1.25 bits per heavy atom. The monoisotopic (exact) mass is 333 g/mol. The van der Waals surface area contributed by atoms with Gasteiger partial charge in [-0.15, -0.1) is 0 Å². The smallest absolute Gasteiger partial charge is 0.258 e. The Hall–Kier alpha value is -2.21. The van der Waals surface area contributed by atoms with E-state index in [0.29, 0.717) is 10.2 Å². The Bertz CT molecular complexity index is 800. The van der Waals surface area contributed by atoms with Crippen LogP contribution in [0.1, 0.15) is 10.4 Å². The van der Waals surface area contributed by atoms with E-state index >= 15 is 0 Å². The minimum absolute atomic E-state index is 0.00194. The van der Waals surface area contributed by atoms with E-state index in [4.69, 9.17) is 0 Å². The van der Waals surface area contributed by atoms with E-state index in [9.17, 15) is 9.18 Å². The van der Waals surface area contributed by atoms with E-state index in [2.05, 4.69) is 31.4 Å². The number of benzene rings is 2. The summed E-state index contributed by atoms with van der Waals surface area (Å²) in [6.45, 7) is 0. The average Bonchev–Trinajstić information content (AvgIpc) is 2.85. The number of halogens is 2. The normalized spacial score (nSPS) is 10.7. The van der Waals surface area contributed by atoms with Crippen molar-refractivity contribution in [3.63, 3.8) is 0 Å². The van der Waals surface area contributed by atoms with Crippen molar-refractivity contribution in [1.29, 1.82) is 0 Å². The number of fused-ring (bicyclic) bond motifs is 1. The fourth-order valence-electron chi connectivity index (χ4n) is 1.89. The van der Waals surface area contributed by atoms with Gasteiger partial charge < -0.3 is 5.32 Å². The molecule has 0 fully saturated rings. The maximum Gasteiger partial charge on any atom is 0.258 e. The molecule has 3 aromatic rings. The number of nitrogens with zero attached hydrogens (tertiary/aromatic N) is 1. The molecule has 100 valence electrons. The van der Waals surface area contributed by atoms with Crippen LogP contribution in [0.25, 0.3) is 10.9 Å². The maximum absolute atomic E-state index is 13.7. The lowest BCUT2D eigenvalue weighted by Crippen LogP contribution is -2.13. The average molecular weight is 334 g/mol. The number of anilines is 1. The van der Waals surface area contributed by atoms with E-state index < -0.39 is 11.7 Å². The van der Waals surface area contributed by atoms with Crippen molar-refractivity contribution in [3.05, 3.63) is 58.4 Å². The van der Waals surface area contributed by atoms with E-state index in [-0.39, 0.29) is 5.56 Å². The molecule has 2 aromatic carbocycles. The minimum Gasteiger partial charge on any atom is -0.322 e. The summed E-state index contributed by atoms with van der Waals surface area (Å²) >= 11 is 3.15. The van der Waals surface area contributed by atoms with Crippen molar-refractivity contribution < 1.29 is 9.18 Å². The fourth-order valence-corrected chi connectivity index (χ4v) is 2.22. The third-order valence-corrected chi connectivity index (χ3v) is 3.37. The van der Waals surface area contributed by atoms with Gasteiger partial charge in [0.25, 0.3) is 5.91 Å². The Morgan fingerprint density at radius 3 is 2.90 bits per heavy atom. The van der Waals surface area contributed by atoms with Gasteiger partial charge in [-0.1, -0.05) is 15.9 Å². The summed E-state index contributed by atoms with van der Waals surface area (Å²) in [5.74, 6) is -1.06. The largest absolute Gasteiger partial charge is 0.322 e. The van der Waals surface area contributed by atoms with Gasteiger partial charge in [-0.3, -0.25) is 9.89 Å².